The van der Waals surface area contributed by atoms with Gasteiger partial charge in [0.2, 0.25) is 0 Å². The van der Waals surface area contributed by atoms with Crippen LogP contribution in [0.1, 0.15) is 61.9 Å². The molecule has 3 N–H and O–H groups in total. The molecule has 2 aromatic carbocycles. The van der Waals surface area contributed by atoms with E-state index in [1.165, 1.54) is 43.5 Å². The van der Waals surface area contributed by atoms with Crippen LogP contribution in [0.2, 0.25) is 0 Å². The van der Waals surface area contributed by atoms with Gasteiger partial charge < -0.3 is 10.2 Å². The second-order valence-electron chi connectivity index (χ2n) is 9.18. The lowest BCUT2D eigenvalue weighted by molar-refractivity contribution is -0.0943. The minimum absolute atomic E-state index is 0.232. The molecular weight excluding hydrogens is 414 g/mol. The minimum atomic E-state index is -1.43. The van der Waals surface area contributed by atoms with Gasteiger partial charge >= 0.3 is 0 Å². The lowest BCUT2D eigenvalue weighted by Gasteiger charge is -2.26. The van der Waals surface area contributed by atoms with E-state index in [1.807, 2.05) is 6.92 Å². The average Bonchev–Trinajstić information content (AvgIpc) is 3.37. The summed E-state index contributed by atoms with van der Waals surface area (Å²) >= 11 is 0. The smallest absolute Gasteiger partial charge is 0.178 e. The maximum absolute atomic E-state index is 10.1. The highest BCUT2D eigenvalue weighted by Crippen LogP contribution is 2.32. The van der Waals surface area contributed by atoms with E-state index in [2.05, 4.69) is 74.1 Å². The Labute approximate surface area is 195 Å². The molecule has 0 bridgehead atoms. The van der Waals surface area contributed by atoms with E-state index in [1.54, 1.807) is 0 Å². The van der Waals surface area contributed by atoms with Crippen molar-refractivity contribution in [3.63, 3.8) is 0 Å². The zero-order chi connectivity index (χ0) is 23.0. The number of aromatic amines is 1. The van der Waals surface area contributed by atoms with Gasteiger partial charge in [-0.1, -0.05) is 67.4 Å². The summed E-state index contributed by atoms with van der Waals surface area (Å²) in [7, 11) is 0. The van der Waals surface area contributed by atoms with Crippen molar-refractivity contribution in [2.45, 2.75) is 64.2 Å². The number of aromatic nitrogens is 4. The number of piperidine rings is 1. The first-order chi connectivity index (χ1) is 16.1. The normalized spacial score (nSPS) is 16.7. The summed E-state index contributed by atoms with van der Waals surface area (Å²) in [5, 5.41) is 34.7. The average molecular weight is 450 g/mol. The van der Waals surface area contributed by atoms with Crippen LogP contribution in [0.5, 0.6) is 0 Å². The fourth-order valence-electron chi connectivity index (χ4n) is 5.01. The second-order valence-corrected chi connectivity index (χ2v) is 9.18. The maximum Gasteiger partial charge on any atom is 0.178 e. The molecule has 0 aliphatic carbocycles. The fourth-order valence-corrected chi connectivity index (χ4v) is 5.01. The van der Waals surface area contributed by atoms with Crippen LogP contribution < -0.4 is 0 Å². The van der Waals surface area contributed by atoms with Crippen LogP contribution in [-0.4, -0.2) is 55.1 Å². The van der Waals surface area contributed by atoms with Gasteiger partial charge in [0.1, 0.15) is 0 Å². The molecule has 33 heavy (non-hydrogen) atoms. The first kappa shape index (κ1) is 23.5. The number of tetrazole rings is 1. The molecule has 0 spiro atoms. The molecule has 2 atom stereocenters. The van der Waals surface area contributed by atoms with Crippen molar-refractivity contribution in [3.05, 3.63) is 65.5 Å². The molecule has 7 nitrogen and oxygen atoms in total. The van der Waals surface area contributed by atoms with Gasteiger partial charge in [-0.15, -0.1) is 10.2 Å². The van der Waals surface area contributed by atoms with E-state index < -0.39 is 6.29 Å². The Kier molecular flexibility index (Phi) is 8.20. The summed E-state index contributed by atoms with van der Waals surface area (Å²) in [6, 6.07) is 17.3. The quantitative estimate of drug-likeness (QED) is 0.406. The fraction of sp³-hybridized carbons (Fsp3) is 0.500. The van der Waals surface area contributed by atoms with Crippen molar-refractivity contribution in [2.24, 2.45) is 5.92 Å². The molecule has 1 aliphatic heterocycles. The van der Waals surface area contributed by atoms with E-state index in [4.69, 9.17) is 0 Å². The lowest BCUT2D eigenvalue weighted by atomic mass is 9.82. The number of likely N-dealkylation sites (tertiary alicyclic amines) is 1. The Hall–Kier alpha value is -2.61. The van der Waals surface area contributed by atoms with Crippen molar-refractivity contribution >= 4 is 0 Å². The summed E-state index contributed by atoms with van der Waals surface area (Å²) in [5.74, 6) is -0.0657. The summed E-state index contributed by atoms with van der Waals surface area (Å²) < 4.78 is 0. The Morgan fingerprint density at radius 3 is 2.30 bits per heavy atom. The standard InChI is InChI=1S/C26H35N5O2/c1-2-8-23(26(32)33)24(25-27-29-30-28-25)17-19-9-6-11-21(15-19)22-12-7-10-20(16-22)18-31-13-4-3-5-14-31/h6-7,9-12,15-16,23-24,26,32-33H,2-5,8,13-14,17-18H2,1H3,(H,27,28,29,30)/t23-,24-/m0/s1. The third-order valence-corrected chi connectivity index (χ3v) is 6.71. The first-order valence-corrected chi connectivity index (χ1v) is 12.1. The molecule has 176 valence electrons. The topological polar surface area (TPSA) is 98.2 Å². The second kappa shape index (κ2) is 11.5. The van der Waals surface area contributed by atoms with Crippen molar-refractivity contribution < 1.29 is 10.2 Å². The number of aliphatic hydroxyl groups excluding tert-OH is 1. The van der Waals surface area contributed by atoms with Crippen LogP contribution in [-0.2, 0) is 13.0 Å². The van der Waals surface area contributed by atoms with Crippen LogP contribution in [0.3, 0.4) is 0 Å². The predicted octanol–water partition coefficient (Wildman–Crippen LogP) is 3.91. The molecule has 1 aromatic heterocycles. The molecule has 0 amide bonds. The maximum atomic E-state index is 10.1. The Morgan fingerprint density at radius 1 is 0.970 bits per heavy atom. The minimum Gasteiger partial charge on any atom is -0.368 e. The van der Waals surface area contributed by atoms with Crippen molar-refractivity contribution in [3.8, 4) is 11.1 Å². The van der Waals surface area contributed by atoms with Gasteiger partial charge in [0.25, 0.3) is 0 Å². The summed E-state index contributed by atoms with van der Waals surface area (Å²) in [6.45, 7) is 5.42. The zero-order valence-electron chi connectivity index (χ0n) is 19.4. The number of benzene rings is 2. The zero-order valence-corrected chi connectivity index (χ0v) is 19.4. The van der Waals surface area contributed by atoms with Crippen molar-refractivity contribution in [1.82, 2.24) is 25.5 Å². The number of nitrogens with one attached hydrogen (secondary N) is 1. The number of rotatable bonds is 10. The molecule has 1 aliphatic rings. The van der Waals surface area contributed by atoms with E-state index in [0.717, 1.165) is 24.1 Å². The van der Waals surface area contributed by atoms with E-state index in [9.17, 15) is 10.2 Å². The Bertz CT molecular complexity index is 986. The molecule has 4 rings (SSSR count). The van der Waals surface area contributed by atoms with Gasteiger partial charge in [0, 0.05) is 18.4 Å². The van der Waals surface area contributed by atoms with Crippen LogP contribution in [0.25, 0.3) is 11.1 Å². The van der Waals surface area contributed by atoms with E-state index in [-0.39, 0.29) is 11.8 Å². The third kappa shape index (κ3) is 6.25. The molecule has 2 heterocycles. The van der Waals surface area contributed by atoms with Crippen LogP contribution in [0.15, 0.2) is 48.5 Å². The number of aliphatic hydroxyl groups is 2. The number of hydrogen-bond donors (Lipinski definition) is 3. The number of hydrogen-bond acceptors (Lipinski definition) is 6. The van der Waals surface area contributed by atoms with Crippen LogP contribution in [0.4, 0.5) is 0 Å². The highest BCUT2D eigenvalue weighted by molar-refractivity contribution is 5.65. The SMILES string of the molecule is CCC[C@H](C(O)O)[C@H](Cc1cccc(-c2cccc(CN3CCCCC3)c2)c1)c1nn[nH]n1. The first-order valence-electron chi connectivity index (χ1n) is 12.1. The molecule has 1 fully saturated rings. The summed E-state index contributed by atoms with van der Waals surface area (Å²) in [4.78, 5) is 2.54. The molecule has 3 aromatic rings. The van der Waals surface area contributed by atoms with Crippen molar-refractivity contribution in [2.75, 3.05) is 13.1 Å². The summed E-state index contributed by atoms with van der Waals surface area (Å²) in [5.41, 5.74) is 4.83. The predicted molar refractivity (Wildman–Crippen MR) is 128 cm³/mol. The van der Waals surface area contributed by atoms with Crippen LogP contribution in [0, 0.1) is 5.92 Å². The molecule has 0 saturated carbocycles. The molecule has 0 unspecified atom stereocenters. The highest BCUT2D eigenvalue weighted by Gasteiger charge is 2.31. The lowest BCUT2D eigenvalue weighted by Crippen LogP contribution is -2.29. The Morgan fingerprint density at radius 2 is 1.67 bits per heavy atom. The molecule has 7 heteroatoms. The molecule has 1 saturated heterocycles. The molecular formula is C26H35N5O2. The van der Waals surface area contributed by atoms with Gasteiger partial charge in [-0.25, -0.2) is 0 Å². The van der Waals surface area contributed by atoms with Crippen LogP contribution >= 0.6 is 0 Å². The summed E-state index contributed by atoms with van der Waals surface area (Å²) in [6.07, 6.45) is 4.65. The highest BCUT2D eigenvalue weighted by atomic mass is 16.5. The van der Waals surface area contributed by atoms with Gasteiger partial charge in [-0.2, -0.15) is 5.21 Å². The molecule has 0 radical (unpaired) electrons. The monoisotopic (exact) mass is 449 g/mol. The van der Waals surface area contributed by atoms with Gasteiger partial charge in [0.05, 0.1) is 0 Å². The Balaban J connectivity index is 1.55. The van der Waals surface area contributed by atoms with E-state index in [0.29, 0.717) is 18.7 Å². The number of H-pyrrole nitrogens is 1. The third-order valence-electron chi connectivity index (χ3n) is 6.71. The largest absolute Gasteiger partial charge is 0.368 e. The van der Waals surface area contributed by atoms with E-state index >= 15 is 0 Å². The van der Waals surface area contributed by atoms with Gasteiger partial charge in [-0.3, -0.25) is 4.90 Å². The van der Waals surface area contributed by atoms with Gasteiger partial charge in [0.15, 0.2) is 12.1 Å². The van der Waals surface area contributed by atoms with Gasteiger partial charge in [-0.05, 0) is 67.1 Å². The number of nitrogens with zero attached hydrogens (tertiary/aromatic N) is 4. The van der Waals surface area contributed by atoms with Crippen molar-refractivity contribution in [1.29, 1.82) is 0 Å².